The number of carbonyl (C=O) groups excluding carboxylic acids is 1. The molecule has 108 valence electrons. The molecular formula is C18H15N3O. The van der Waals surface area contributed by atoms with Gasteiger partial charge in [0.25, 0.3) is 5.91 Å². The number of aromatic nitrogens is 2. The Balaban J connectivity index is 1.66. The molecule has 1 amide bonds. The molecule has 4 nitrogen and oxygen atoms in total. The van der Waals surface area contributed by atoms with Crippen LogP contribution in [-0.4, -0.2) is 15.9 Å². The van der Waals surface area contributed by atoms with Gasteiger partial charge in [0.2, 0.25) is 0 Å². The second-order valence-corrected chi connectivity index (χ2v) is 4.84. The first-order valence-electron chi connectivity index (χ1n) is 7.01. The number of rotatable bonds is 4. The zero-order chi connectivity index (χ0) is 15.2. The molecule has 2 aromatic heterocycles. The van der Waals surface area contributed by atoms with Crippen LogP contribution >= 0.6 is 0 Å². The van der Waals surface area contributed by atoms with Crippen molar-refractivity contribution in [1.82, 2.24) is 15.3 Å². The van der Waals surface area contributed by atoms with E-state index in [1.165, 1.54) is 0 Å². The van der Waals surface area contributed by atoms with Crippen LogP contribution < -0.4 is 5.32 Å². The van der Waals surface area contributed by atoms with E-state index in [-0.39, 0.29) is 5.91 Å². The summed E-state index contributed by atoms with van der Waals surface area (Å²) in [7, 11) is 0. The van der Waals surface area contributed by atoms with Crippen LogP contribution in [0.25, 0.3) is 11.1 Å². The fraction of sp³-hybridized carbons (Fsp3) is 0.0556. The van der Waals surface area contributed by atoms with E-state index in [2.05, 4.69) is 15.3 Å². The van der Waals surface area contributed by atoms with Gasteiger partial charge in [-0.1, -0.05) is 42.5 Å². The van der Waals surface area contributed by atoms with Crippen LogP contribution in [0.3, 0.4) is 0 Å². The molecule has 0 aliphatic carbocycles. The monoisotopic (exact) mass is 289 g/mol. The van der Waals surface area contributed by atoms with E-state index in [1.807, 2.05) is 48.5 Å². The van der Waals surface area contributed by atoms with E-state index in [9.17, 15) is 4.79 Å². The molecule has 0 saturated carbocycles. The zero-order valence-corrected chi connectivity index (χ0v) is 11.9. The van der Waals surface area contributed by atoms with Crippen molar-refractivity contribution in [3.63, 3.8) is 0 Å². The molecule has 22 heavy (non-hydrogen) atoms. The maximum absolute atomic E-state index is 12.1. The number of carbonyl (C=O) groups is 1. The number of nitrogens with zero attached hydrogens (tertiary/aromatic N) is 2. The van der Waals surface area contributed by atoms with Crippen LogP contribution in [0.4, 0.5) is 0 Å². The molecule has 0 unspecified atom stereocenters. The highest BCUT2D eigenvalue weighted by Crippen LogP contribution is 2.17. The van der Waals surface area contributed by atoms with Crippen LogP contribution in [0.5, 0.6) is 0 Å². The van der Waals surface area contributed by atoms with Gasteiger partial charge in [-0.3, -0.25) is 14.8 Å². The molecular weight excluding hydrogens is 274 g/mol. The Morgan fingerprint density at radius 3 is 2.45 bits per heavy atom. The molecule has 0 atom stereocenters. The fourth-order valence-electron chi connectivity index (χ4n) is 2.11. The third-order valence-corrected chi connectivity index (χ3v) is 3.28. The maximum Gasteiger partial charge on any atom is 0.270 e. The Hall–Kier alpha value is -3.01. The lowest BCUT2D eigenvalue weighted by Gasteiger charge is -2.05. The molecule has 1 aromatic carbocycles. The first kappa shape index (κ1) is 13.9. The number of nitrogens with one attached hydrogen (secondary N) is 1. The molecule has 0 fully saturated rings. The molecule has 2 heterocycles. The molecule has 0 aliphatic rings. The predicted molar refractivity (Wildman–Crippen MR) is 85.1 cm³/mol. The maximum atomic E-state index is 12.1. The van der Waals surface area contributed by atoms with E-state index < -0.39 is 0 Å². The van der Waals surface area contributed by atoms with Crippen LogP contribution in [0.2, 0.25) is 0 Å². The zero-order valence-electron chi connectivity index (χ0n) is 11.9. The Morgan fingerprint density at radius 2 is 1.77 bits per heavy atom. The van der Waals surface area contributed by atoms with E-state index >= 15 is 0 Å². The lowest BCUT2D eigenvalue weighted by molar-refractivity contribution is 0.0946. The van der Waals surface area contributed by atoms with Crippen molar-refractivity contribution in [2.75, 3.05) is 0 Å². The van der Waals surface area contributed by atoms with Gasteiger partial charge >= 0.3 is 0 Å². The predicted octanol–water partition coefficient (Wildman–Crippen LogP) is 3.07. The van der Waals surface area contributed by atoms with Crippen LogP contribution in [0.15, 0.2) is 73.2 Å². The van der Waals surface area contributed by atoms with Crippen molar-refractivity contribution >= 4 is 5.91 Å². The molecule has 3 aromatic rings. The fourth-order valence-corrected chi connectivity index (χ4v) is 2.11. The summed E-state index contributed by atoms with van der Waals surface area (Å²) in [6.07, 6.45) is 5.15. The highest BCUT2D eigenvalue weighted by molar-refractivity contribution is 5.92. The molecule has 0 saturated heterocycles. The number of hydrogen-bond acceptors (Lipinski definition) is 3. The Morgan fingerprint density at radius 1 is 0.909 bits per heavy atom. The molecule has 4 heteroatoms. The average molecular weight is 289 g/mol. The minimum atomic E-state index is -0.191. The number of benzene rings is 1. The smallest absolute Gasteiger partial charge is 0.270 e. The Bertz CT molecular complexity index is 740. The highest BCUT2D eigenvalue weighted by Gasteiger charge is 2.07. The Labute approximate surface area is 128 Å². The van der Waals surface area contributed by atoms with Crippen molar-refractivity contribution in [3.05, 3.63) is 84.4 Å². The minimum absolute atomic E-state index is 0.191. The third kappa shape index (κ3) is 3.35. The van der Waals surface area contributed by atoms with Crippen molar-refractivity contribution in [3.8, 4) is 11.1 Å². The summed E-state index contributed by atoms with van der Waals surface area (Å²) in [6.45, 7) is 0.439. The first-order valence-corrected chi connectivity index (χ1v) is 7.01. The summed E-state index contributed by atoms with van der Waals surface area (Å²) < 4.78 is 0. The summed E-state index contributed by atoms with van der Waals surface area (Å²) in [6, 6.07) is 17.3. The van der Waals surface area contributed by atoms with E-state index in [0.29, 0.717) is 12.2 Å². The normalized spacial score (nSPS) is 10.2. The summed E-state index contributed by atoms with van der Waals surface area (Å²) in [5.74, 6) is -0.191. The van der Waals surface area contributed by atoms with Crippen LogP contribution in [-0.2, 0) is 6.54 Å². The van der Waals surface area contributed by atoms with Gasteiger partial charge < -0.3 is 5.32 Å². The quantitative estimate of drug-likeness (QED) is 0.803. The van der Waals surface area contributed by atoms with Crippen molar-refractivity contribution < 1.29 is 4.79 Å². The molecule has 1 N–H and O–H groups in total. The molecule has 0 bridgehead atoms. The SMILES string of the molecule is O=C(NCc1cccnc1)c1ccc(-c2ccccc2)cn1. The number of amides is 1. The Kier molecular flexibility index (Phi) is 4.20. The van der Waals surface area contributed by atoms with Crippen molar-refractivity contribution in [2.45, 2.75) is 6.54 Å². The van der Waals surface area contributed by atoms with Crippen LogP contribution in [0.1, 0.15) is 16.1 Å². The van der Waals surface area contributed by atoms with E-state index in [4.69, 9.17) is 0 Å². The molecule has 0 aliphatic heterocycles. The van der Waals surface area contributed by atoms with Gasteiger partial charge in [0, 0.05) is 30.7 Å². The summed E-state index contributed by atoms with van der Waals surface area (Å²) in [5.41, 5.74) is 3.43. The average Bonchev–Trinajstić information content (AvgIpc) is 2.61. The summed E-state index contributed by atoms with van der Waals surface area (Å²) in [4.78, 5) is 20.3. The largest absolute Gasteiger partial charge is 0.347 e. The number of hydrogen-bond donors (Lipinski definition) is 1. The summed E-state index contributed by atoms with van der Waals surface area (Å²) >= 11 is 0. The first-order chi connectivity index (χ1) is 10.8. The minimum Gasteiger partial charge on any atom is -0.347 e. The van der Waals surface area contributed by atoms with Crippen molar-refractivity contribution in [2.24, 2.45) is 0 Å². The van der Waals surface area contributed by atoms with Gasteiger partial charge in [0.1, 0.15) is 5.69 Å². The molecule has 3 rings (SSSR count). The molecule has 0 spiro atoms. The van der Waals surface area contributed by atoms with Gasteiger partial charge in [-0.25, -0.2) is 0 Å². The van der Waals surface area contributed by atoms with Gasteiger partial charge in [0.15, 0.2) is 0 Å². The van der Waals surface area contributed by atoms with Gasteiger partial charge in [0.05, 0.1) is 0 Å². The lowest BCUT2D eigenvalue weighted by atomic mass is 10.1. The van der Waals surface area contributed by atoms with Crippen LogP contribution in [0, 0.1) is 0 Å². The van der Waals surface area contributed by atoms with Gasteiger partial charge in [-0.2, -0.15) is 0 Å². The van der Waals surface area contributed by atoms with Crippen molar-refractivity contribution in [1.29, 1.82) is 0 Å². The second kappa shape index (κ2) is 6.63. The second-order valence-electron chi connectivity index (χ2n) is 4.84. The topological polar surface area (TPSA) is 54.9 Å². The lowest BCUT2D eigenvalue weighted by Crippen LogP contribution is -2.23. The van der Waals surface area contributed by atoms with E-state index in [0.717, 1.165) is 16.7 Å². The van der Waals surface area contributed by atoms with Gasteiger partial charge in [-0.15, -0.1) is 0 Å². The molecule has 0 radical (unpaired) electrons. The summed E-state index contributed by atoms with van der Waals surface area (Å²) in [5, 5.41) is 2.83. The standard InChI is InChI=1S/C18H15N3O/c22-18(21-12-14-5-4-10-19-11-14)17-9-8-16(13-20-17)15-6-2-1-3-7-15/h1-11,13H,12H2,(H,21,22). The third-order valence-electron chi connectivity index (χ3n) is 3.28. The highest BCUT2D eigenvalue weighted by atomic mass is 16.1. The van der Waals surface area contributed by atoms with Gasteiger partial charge in [-0.05, 0) is 23.3 Å². The number of pyridine rings is 2. The van der Waals surface area contributed by atoms with E-state index in [1.54, 1.807) is 24.7 Å².